The van der Waals surface area contributed by atoms with E-state index in [-0.39, 0.29) is 13.0 Å². The zero-order valence-electron chi connectivity index (χ0n) is 22.8. The minimum absolute atomic E-state index is 0.0571. The van der Waals surface area contributed by atoms with Gasteiger partial charge in [-0.2, -0.15) is 0 Å². The molecule has 9 nitrogen and oxygen atoms in total. The Labute approximate surface area is 228 Å². The van der Waals surface area contributed by atoms with Crippen LogP contribution in [0.2, 0.25) is 0 Å². The molecule has 0 aliphatic heterocycles. The average molecular weight is 535 g/mol. The highest BCUT2D eigenvalue weighted by Gasteiger charge is 2.27. The van der Waals surface area contributed by atoms with Crippen LogP contribution in [-0.2, 0) is 20.9 Å². The van der Waals surface area contributed by atoms with E-state index in [4.69, 9.17) is 18.9 Å². The lowest BCUT2D eigenvalue weighted by atomic mass is 10.00. The van der Waals surface area contributed by atoms with Crippen molar-refractivity contribution in [1.29, 1.82) is 0 Å². The lowest BCUT2D eigenvalue weighted by Crippen LogP contribution is -2.48. The van der Waals surface area contributed by atoms with E-state index in [1.807, 2.05) is 42.5 Å². The first-order valence-electron chi connectivity index (χ1n) is 12.4. The lowest BCUT2D eigenvalue weighted by molar-refractivity contribution is -0.145. The van der Waals surface area contributed by atoms with Crippen molar-refractivity contribution in [3.05, 3.63) is 77.9 Å². The number of methoxy groups -OCH3 is 4. The third-order valence-electron chi connectivity index (χ3n) is 6.26. The molecule has 0 heterocycles. The predicted octanol–water partition coefficient (Wildman–Crippen LogP) is 3.99. The van der Waals surface area contributed by atoms with Crippen molar-refractivity contribution >= 4 is 17.8 Å². The molecule has 0 aliphatic carbocycles. The van der Waals surface area contributed by atoms with Crippen LogP contribution in [0.5, 0.6) is 17.2 Å². The number of hydrogen-bond donors (Lipinski definition) is 2. The molecular weight excluding hydrogens is 500 g/mol. The quantitative estimate of drug-likeness (QED) is 0.338. The fraction of sp³-hybridized carbons (Fsp3) is 0.300. The SMILES string of the molecule is COC(=O)[C@@H](C)C[C@H](NC(=O)c1ccc(-c2ccccc2)cc1)C(=O)NCc1cc(OC)c(OC)c(OC)c1. The molecule has 2 amide bonds. The number of ether oxygens (including phenoxy) is 4. The van der Waals surface area contributed by atoms with Gasteiger partial charge >= 0.3 is 5.97 Å². The molecule has 0 saturated carbocycles. The van der Waals surface area contributed by atoms with Crippen LogP contribution in [0.25, 0.3) is 11.1 Å². The van der Waals surface area contributed by atoms with Gasteiger partial charge in [0.1, 0.15) is 6.04 Å². The van der Waals surface area contributed by atoms with E-state index >= 15 is 0 Å². The number of carbonyl (C=O) groups is 3. The van der Waals surface area contributed by atoms with E-state index < -0.39 is 29.7 Å². The van der Waals surface area contributed by atoms with Gasteiger partial charge < -0.3 is 29.6 Å². The molecule has 3 aromatic rings. The highest BCUT2D eigenvalue weighted by atomic mass is 16.5. The first kappa shape index (κ1) is 29.0. The molecule has 3 rings (SSSR count). The third-order valence-corrected chi connectivity index (χ3v) is 6.26. The Morgan fingerprint density at radius 3 is 1.92 bits per heavy atom. The topological polar surface area (TPSA) is 112 Å². The molecule has 0 aliphatic rings. The van der Waals surface area contributed by atoms with Gasteiger partial charge in [0.2, 0.25) is 11.7 Å². The molecule has 0 spiro atoms. The van der Waals surface area contributed by atoms with Gasteiger partial charge in [0.05, 0.1) is 34.4 Å². The maximum atomic E-state index is 13.2. The summed E-state index contributed by atoms with van der Waals surface area (Å²) in [5.41, 5.74) is 3.08. The lowest BCUT2D eigenvalue weighted by Gasteiger charge is -2.21. The Bertz CT molecular complexity index is 1250. The van der Waals surface area contributed by atoms with Gasteiger partial charge in [-0.1, -0.05) is 49.4 Å². The second-order valence-corrected chi connectivity index (χ2v) is 8.88. The Hall–Kier alpha value is -4.53. The maximum Gasteiger partial charge on any atom is 0.308 e. The largest absolute Gasteiger partial charge is 0.493 e. The second kappa shape index (κ2) is 13.9. The van der Waals surface area contributed by atoms with Gasteiger partial charge in [-0.15, -0.1) is 0 Å². The maximum absolute atomic E-state index is 13.2. The van der Waals surface area contributed by atoms with Crippen LogP contribution in [-0.4, -0.2) is 52.3 Å². The highest BCUT2D eigenvalue weighted by molar-refractivity contribution is 5.98. The summed E-state index contributed by atoms with van der Waals surface area (Å²) in [7, 11) is 5.80. The average Bonchev–Trinajstić information content (AvgIpc) is 2.98. The summed E-state index contributed by atoms with van der Waals surface area (Å²) in [6.07, 6.45) is 0.0571. The molecule has 2 atom stereocenters. The van der Waals surface area contributed by atoms with Crippen LogP contribution in [0.1, 0.15) is 29.3 Å². The number of hydrogen-bond acceptors (Lipinski definition) is 7. The number of carbonyl (C=O) groups excluding carboxylic acids is 3. The molecule has 9 heteroatoms. The van der Waals surface area contributed by atoms with Crippen LogP contribution in [0.4, 0.5) is 0 Å². The highest BCUT2D eigenvalue weighted by Crippen LogP contribution is 2.38. The Balaban J connectivity index is 1.76. The van der Waals surface area contributed by atoms with Crippen molar-refractivity contribution in [3.8, 4) is 28.4 Å². The van der Waals surface area contributed by atoms with Gasteiger partial charge in [-0.05, 0) is 47.4 Å². The van der Waals surface area contributed by atoms with E-state index in [1.165, 1.54) is 28.4 Å². The monoisotopic (exact) mass is 534 g/mol. The van der Waals surface area contributed by atoms with E-state index in [9.17, 15) is 14.4 Å². The smallest absolute Gasteiger partial charge is 0.308 e. The molecule has 0 radical (unpaired) electrons. The Morgan fingerprint density at radius 2 is 1.38 bits per heavy atom. The molecule has 0 bridgehead atoms. The summed E-state index contributed by atoms with van der Waals surface area (Å²) in [4.78, 5) is 38.4. The van der Waals surface area contributed by atoms with Crippen LogP contribution in [0, 0.1) is 5.92 Å². The van der Waals surface area contributed by atoms with Gasteiger partial charge in [0.25, 0.3) is 5.91 Å². The third kappa shape index (κ3) is 7.50. The van der Waals surface area contributed by atoms with Gasteiger partial charge in [0.15, 0.2) is 11.5 Å². The fourth-order valence-electron chi connectivity index (χ4n) is 4.12. The summed E-state index contributed by atoms with van der Waals surface area (Å²) in [6, 6.07) is 19.4. The number of nitrogens with one attached hydrogen (secondary N) is 2. The van der Waals surface area contributed by atoms with Crippen LogP contribution in [0.3, 0.4) is 0 Å². The van der Waals surface area contributed by atoms with Crippen molar-refractivity contribution in [2.24, 2.45) is 5.92 Å². The second-order valence-electron chi connectivity index (χ2n) is 8.88. The predicted molar refractivity (Wildman–Crippen MR) is 147 cm³/mol. The fourth-order valence-corrected chi connectivity index (χ4v) is 4.12. The van der Waals surface area contributed by atoms with Crippen LogP contribution < -0.4 is 24.8 Å². The molecule has 3 aromatic carbocycles. The van der Waals surface area contributed by atoms with E-state index in [0.29, 0.717) is 28.4 Å². The first-order valence-corrected chi connectivity index (χ1v) is 12.4. The van der Waals surface area contributed by atoms with Gasteiger partial charge in [-0.25, -0.2) is 0 Å². The van der Waals surface area contributed by atoms with Gasteiger partial charge in [-0.3, -0.25) is 14.4 Å². The van der Waals surface area contributed by atoms with Gasteiger partial charge in [0, 0.05) is 12.1 Å². The van der Waals surface area contributed by atoms with Crippen LogP contribution >= 0.6 is 0 Å². The zero-order chi connectivity index (χ0) is 28.4. The molecule has 39 heavy (non-hydrogen) atoms. The number of rotatable bonds is 12. The Morgan fingerprint density at radius 1 is 0.795 bits per heavy atom. The summed E-state index contributed by atoms with van der Waals surface area (Å²) in [5, 5.41) is 5.60. The standard InChI is InChI=1S/C30H34N2O7/c1-19(30(35)39-5)15-24(29(34)31-18-20-16-25(36-2)27(38-4)26(17-20)37-3)32-28(33)23-13-11-22(12-14-23)21-9-7-6-8-10-21/h6-14,16-17,19,24H,15,18H2,1-5H3,(H,31,34)(H,32,33)/t19-,24-/m0/s1. The van der Waals surface area contributed by atoms with Crippen molar-refractivity contribution < 1.29 is 33.3 Å². The van der Waals surface area contributed by atoms with Crippen molar-refractivity contribution in [2.45, 2.75) is 25.9 Å². The molecule has 0 saturated heterocycles. The van der Waals surface area contributed by atoms with E-state index in [1.54, 1.807) is 31.2 Å². The normalized spacial score (nSPS) is 12.0. The van der Waals surface area contributed by atoms with Crippen molar-refractivity contribution in [2.75, 3.05) is 28.4 Å². The van der Waals surface area contributed by atoms with E-state index in [0.717, 1.165) is 11.1 Å². The zero-order valence-corrected chi connectivity index (χ0v) is 22.8. The minimum Gasteiger partial charge on any atom is -0.493 e. The van der Waals surface area contributed by atoms with Crippen LogP contribution in [0.15, 0.2) is 66.7 Å². The molecule has 0 unspecified atom stereocenters. The summed E-state index contributed by atoms with van der Waals surface area (Å²) < 4.78 is 20.9. The number of esters is 1. The molecule has 0 fully saturated rings. The summed E-state index contributed by atoms with van der Waals surface area (Å²) >= 11 is 0. The molecular formula is C30H34N2O7. The minimum atomic E-state index is -0.984. The number of benzene rings is 3. The Kier molecular flexibility index (Phi) is 10.3. The summed E-state index contributed by atoms with van der Waals surface area (Å²) in [5.74, 6) is -0.640. The van der Waals surface area contributed by atoms with Crippen molar-refractivity contribution in [1.82, 2.24) is 10.6 Å². The van der Waals surface area contributed by atoms with E-state index in [2.05, 4.69) is 10.6 Å². The molecule has 2 N–H and O–H groups in total. The first-order chi connectivity index (χ1) is 18.8. The number of amides is 2. The molecule has 206 valence electrons. The molecule has 0 aromatic heterocycles. The summed E-state index contributed by atoms with van der Waals surface area (Å²) in [6.45, 7) is 1.77. The van der Waals surface area contributed by atoms with Crippen molar-refractivity contribution in [3.63, 3.8) is 0 Å².